The largest absolute Gasteiger partial charge is 0.463 e. The molecule has 3 rings (SSSR count). The Balaban J connectivity index is 1.85. The van der Waals surface area contributed by atoms with Crippen molar-refractivity contribution in [2.45, 2.75) is 13.0 Å². The van der Waals surface area contributed by atoms with Gasteiger partial charge in [0.05, 0.1) is 24.4 Å². The Morgan fingerprint density at radius 1 is 1.07 bits per heavy atom. The number of nitrogens with one attached hydrogen (secondary N) is 2. The van der Waals surface area contributed by atoms with Crippen LogP contribution >= 0.6 is 0 Å². The number of amides is 2. The first kappa shape index (κ1) is 18.7. The molecule has 2 amide bonds. The molecule has 0 bridgehead atoms. The molecule has 1 aliphatic rings. The van der Waals surface area contributed by atoms with Gasteiger partial charge in [0.25, 0.3) is 0 Å². The van der Waals surface area contributed by atoms with Crippen LogP contribution < -0.4 is 16.0 Å². The fourth-order valence-corrected chi connectivity index (χ4v) is 3.14. The summed E-state index contributed by atoms with van der Waals surface area (Å²) in [7, 11) is 0. The highest BCUT2D eigenvalue weighted by molar-refractivity contribution is 5.93. The highest BCUT2D eigenvalue weighted by Crippen LogP contribution is 2.18. The Kier molecular flexibility index (Phi) is 6.22. The molecule has 0 saturated carbocycles. The van der Waals surface area contributed by atoms with Crippen molar-refractivity contribution in [1.29, 1.82) is 0 Å². The van der Waals surface area contributed by atoms with E-state index in [1.165, 1.54) is 0 Å². The van der Waals surface area contributed by atoms with E-state index in [1.54, 1.807) is 6.92 Å². The molecule has 2 aromatic rings. The van der Waals surface area contributed by atoms with Crippen LogP contribution in [0.25, 0.3) is 0 Å². The molecule has 1 heterocycles. The minimum absolute atomic E-state index is 0.0510. The maximum Gasteiger partial charge on any atom is 0.337 e. The molecule has 2 aromatic carbocycles. The molecule has 0 unspecified atom stereocenters. The number of esters is 1. The third-order valence-corrected chi connectivity index (χ3v) is 4.45. The minimum Gasteiger partial charge on any atom is -0.463 e. The molecule has 0 aromatic heterocycles. The lowest BCUT2D eigenvalue weighted by Gasteiger charge is -2.23. The zero-order valence-corrected chi connectivity index (χ0v) is 15.3. The van der Waals surface area contributed by atoms with Gasteiger partial charge in [-0.3, -0.25) is 0 Å². The number of benzene rings is 2. The number of hydrogen-bond donors (Lipinski definition) is 3. The summed E-state index contributed by atoms with van der Waals surface area (Å²) in [6, 6.07) is 20.1. The van der Waals surface area contributed by atoms with Crippen molar-refractivity contribution in [3.63, 3.8) is 0 Å². The van der Waals surface area contributed by atoms with Crippen LogP contribution in [0.15, 0.2) is 71.9 Å². The van der Waals surface area contributed by atoms with Crippen molar-refractivity contribution >= 4 is 12.0 Å². The van der Waals surface area contributed by atoms with E-state index in [4.69, 9.17) is 4.74 Å². The predicted molar refractivity (Wildman–Crippen MR) is 102 cm³/mol. The molecular weight excluding hydrogens is 342 g/mol. The zero-order chi connectivity index (χ0) is 19.1. The van der Waals surface area contributed by atoms with Crippen LogP contribution in [0.1, 0.15) is 24.1 Å². The van der Waals surface area contributed by atoms with Crippen molar-refractivity contribution in [2.24, 2.45) is 0 Å². The smallest absolute Gasteiger partial charge is 0.337 e. The Bertz CT molecular complexity index is 780. The topological polar surface area (TPSA) is 84.0 Å². The summed E-state index contributed by atoms with van der Waals surface area (Å²) in [5.41, 5.74) is 3.37. The first-order chi connectivity index (χ1) is 13.2. The SMILES string of the molecule is CCOC(=O)C1=C(C[NH2+]C(c2ccccc2)c2ccccc2)NC(=O)NC1. The van der Waals surface area contributed by atoms with Crippen molar-refractivity contribution < 1.29 is 19.6 Å². The van der Waals surface area contributed by atoms with E-state index >= 15 is 0 Å². The number of carbonyl (C=O) groups excluding carboxylic acids is 2. The third kappa shape index (κ3) is 4.74. The van der Waals surface area contributed by atoms with Gasteiger partial charge in [-0.1, -0.05) is 60.7 Å². The van der Waals surface area contributed by atoms with Gasteiger partial charge in [0.15, 0.2) is 0 Å². The van der Waals surface area contributed by atoms with Gasteiger partial charge in [-0.2, -0.15) is 0 Å². The van der Waals surface area contributed by atoms with Gasteiger partial charge in [-0.05, 0) is 6.92 Å². The normalized spacial score (nSPS) is 13.9. The van der Waals surface area contributed by atoms with Crippen molar-refractivity contribution in [2.75, 3.05) is 19.7 Å². The van der Waals surface area contributed by atoms with E-state index in [1.807, 2.05) is 36.4 Å². The molecule has 0 spiro atoms. The van der Waals surface area contributed by atoms with Gasteiger partial charge < -0.3 is 20.7 Å². The van der Waals surface area contributed by atoms with Gasteiger partial charge in [-0.25, -0.2) is 9.59 Å². The fourth-order valence-electron chi connectivity index (χ4n) is 3.14. The summed E-state index contributed by atoms with van der Waals surface area (Å²) in [5, 5.41) is 7.51. The van der Waals surface area contributed by atoms with Crippen LogP contribution in [-0.2, 0) is 9.53 Å². The number of urea groups is 1. The van der Waals surface area contributed by atoms with Crippen LogP contribution in [0, 0.1) is 0 Å². The summed E-state index contributed by atoms with van der Waals surface area (Å²) < 4.78 is 5.12. The maximum atomic E-state index is 12.2. The summed E-state index contributed by atoms with van der Waals surface area (Å²) in [6.45, 7) is 2.69. The van der Waals surface area contributed by atoms with E-state index in [-0.39, 0.29) is 18.6 Å². The molecule has 0 aliphatic carbocycles. The first-order valence-electron chi connectivity index (χ1n) is 9.06. The standard InChI is InChI=1S/C21H23N3O3/c1-2-27-20(25)17-13-23-21(26)24-18(17)14-22-19(15-9-5-3-6-10-15)16-11-7-4-8-12-16/h3-12,19,22H,2,13-14H2,1H3,(H2,23,24,26)/p+1. The number of hydrogen-bond acceptors (Lipinski definition) is 3. The summed E-state index contributed by atoms with van der Waals surface area (Å²) in [6.07, 6.45) is 0. The minimum atomic E-state index is -0.399. The monoisotopic (exact) mass is 366 g/mol. The van der Waals surface area contributed by atoms with Crippen LogP contribution in [0.5, 0.6) is 0 Å². The van der Waals surface area contributed by atoms with E-state index in [0.29, 0.717) is 24.4 Å². The van der Waals surface area contributed by atoms with Gasteiger partial charge in [0.2, 0.25) is 0 Å². The molecule has 0 saturated heterocycles. The summed E-state index contributed by atoms with van der Waals surface area (Å²) >= 11 is 0. The molecule has 6 heteroatoms. The summed E-state index contributed by atoms with van der Waals surface area (Å²) in [4.78, 5) is 24.0. The number of rotatable bonds is 7. The summed E-state index contributed by atoms with van der Waals surface area (Å²) in [5.74, 6) is -0.399. The fraction of sp³-hybridized carbons (Fsp3) is 0.238. The van der Waals surface area contributed by atoms with Gasteiger partial charge >= 0.3 is 12.0 Å². The molecule has 0 radical (unpaired) electrons. The molecule has 27 heavy (non-hydrogen) atoms. The lowest BCUT2D eigenvalue weighted by molar-refractivity contribution is -0.680. The van der Waals surface area contributed by atoms with Crippen molar-refractivity contribution in [1.82, 2.24) is 10.6 Å². The molecule has 0 fully saturated rings. The number of ether oxygens (including phenoxy) is 1. The van der Waals surface area contributed by atoms with Crippen molar-refractivity contribution in [3.8, 4) is 0 Å². The van der Waals surface area contributed by atoms with Crippen LogP contribution in [0.3, 0.4) is 0 Å². The Morgan fingerprint density at radius 3 is 2.22 bits per heavy atom. The first-order valence-corrected chi connectivity index (χ1v) is 9.06. The lowest BCUT2D eigenvalue weighted by atomic mass is 9.98. The van der Waals surface area contributed by atoms with Gasteiger partial charge in [-0.15, -0.1) is 0 Å². The third-order valence-electron chi connectivity index (χ3n) is 4.45. The van der Waals surface area contributed by atoms with Crippen LogP contribution in [-0.4, -0.2) is 31.7 Å². The zero-order valence-electron chi connectivity index (χ0n) is 15.3. The van der Waals surface area contributed by atoms with Gasteiger partial charge in [0.1, 0.15) is 12.6 Å². The van der Waals surface area contributed by atoms with E-state index < -0.39 is 5.97 Å². The Labute approximate surface area is 158 Å². The maximum absolute atomic E-state index is 12.2. The van der Waals surface area contributed by atoms with Crippen molar-refractivity contribution in [3.05, 3.63) is 83.1 Å². The van der Waals surface area contributed by atoms with E-state index in [9.17, 15) is 9.59 Å². The average molecular weight is 366 g/mol. The van der Waals surface area contributed by atoms with Gasteiger partial charge in [0, 0.05) is 11.1 Å². The number of nitrogens with two attached hydrogens (primary N) is 1. The Morgan fingerprint density at radius 2 is 1.67 bits per heavy atom. The van der Waals surface area contributed by atoms with Crippen LogP contribution in [0.2, 0.25) is 0 Å². The quantitative estimate of drug-likeness (QED) is 0.649. The highest BCUT2D eigenvalue weighted by atomic mass is 16.5. The second-order valence-electron chi connectivity index (χ2n) is 6.22. The average Bonchev–Trinajstić information content (AvgIpc) is 2.70. The molecule has 4 N–H and O–H groups in total. The number of quaternary nitrogens is 1. The van der Waals surface area contributed by atoms with E-state index in [0.717, 1.165) is 11.1 Å². The highest BCUT2D eigenvalue weighted by Gasteiger charge is 2.26. The molecule has 6 nitrogen and oxygen atoms in total. The van der Waals surface area contributed by atoms with Crippen LogP contribution in [0.4, 0.5) is 4.79 Å². The van der Waals surface area contributed by atoms with E-state index in [2.05, 4.69) is 40.2 Å². The molecule has 0 atom stereocenters. The molecule has 1 aliphatic heterocycles. The lowest BCUT2D eigenvalue weighted by Crippen LogP contribution is -2.86. The second kappa shape index (κ2) is 9.00. The molecular formula is C21H24N3O3+. The number of carbonyl (C=O) groups is 2. The molecule has 140 valence electrons. The predicted octanol–water partition coefficient (Wildman–Crippen LogP) is 1.47. The second-order valence-corrected chi connectivity index (χ2v) is 6.22. The Hall–Kier alpha value is -3.12.